The van der Waals surface area contributed by atoms with E-state index in [9.17, 15) is 4.39 Å². The molecule has 2 aromatic rings. The van der Waals surface area contributed by atoms with Gasteiger partial charge in [-0.25, -0.2) is 4.39 Å². The highest BCUT2D eigenvalue weighted by Gasteiger charge is 2.07. The third-order valence-electron chi connectivity index (χ3n) is 2.23. The van der Waals surface area contributed by atoms with Gasteiger partial charge in [0.1, 0.15) is 11.6 Å². The summed E-state index contributed by atoms with van der Waals surface area (Å²) in [6.45, 7) is 0. The predicted molar refractivity (Wildman–Crippen MR) is 79.0 cm³/mol. The van der Waals surface area contributed by atoms with Crippen molar-refractivity contribution in [1.29, 1.82) is 5.26 Å². The van der Waals surface area contributed by atoms with Crippen molar-refractivity contribution in [3.8, 4) is 6.07 Å². The topological polar surface area (TPSA) is 36.9 Å². The van der Waals surface area contributed by atoms with Crippen LogP contribution in [0.3, 0.4) is 0 Å². The van der Waals surface area contributed by atoms with Crippen LogP contribution in [0.1, 0.15) is 11.3 Å². The molecule has 2 rings (SSSR count). The standard InChI is InChI=1S/C13H6BrFINO/c14-12-6-11(18-13(12)16)5-9(7-17)8-1-3-10(15)4-2-8/h1-6H/b9-5-. The summed E-state index contributed by atoms with van der Waals surface area (Å²) in [6, 6.07) is 9.63. The lowest BCUT2D eigenvalue weighted by atomic mass is 10.1. The van der Waals surface area contributed by atoms with Crippen LogP contribution >= 0.6 is 38.5 Å². The number of rotatable bonds is 2. The summed E-state index contributed by atoms with van der Waals surface area (Å²) in [4.78, 5) is 0. The summed E-state index contributed by atoms with van der Waals surface area (Å²) in [5.41, 5.74) is 1.08. The molecule has 0 saturated carbocycles. The van der Waals surface area contributed by atoms with Crippen LogP contribution in [0.2, 0.25) is 0 Å². The number of allylic oxidation sites excluding steroid dienone is 1. The van der Waals surface area contributed by atoms with E-state index in [-0.39, 0.29) is 5.82 Å². The third kappa shape index (κ3) is 3.00. The first-order chi connectivity index (χ1) is 8.60. The molecule has 0 saturated heterocycles. The Kier molecular flexibility index (Phi) is 4.19. The minimum atomic E-state index is -0.327. The molecule has 0 radical (unpaired) electrons. The van der Waals surface area contributed by atoms with Crippen molar-refractivity contribution >= 4 is 50.2 Å². The first-order valence-corrected chi connectivity index (χ1v) is 6.80. The molecule has 90 valence electrons. The fourth-order valence-corrected chi connectivity index (χ4v) is 2.10. The Morgan fingerprint density at radius 3 is 2.56 bits per heavy atom. The van der Waals surface area contributed by atoms with Gasteiger partial charge in [-0.2, -0.15) is 5.26 Å². The molecule has 0 bridgehead atoms. The number of benzene rings is 1. The molecule has 18 heavy (non-hydrogen) atoms. The number of halogens is 3. The quantitative estimate of drug-likeness (QED) is 0.517. The summed E-state index contributed by atoms with van der Waals surface area (Å²) in [5, 5.41) is 9.12. The Hall–Kier alpha value is -1.13. The fourth-order valence-electron chi connectivity index (χ4n) is 1.39. The highest BCUT2D eigenvalue weighted by molar-refractivity contribution is 14.1. The number of hydrogen-bond donors (Lipinski definition) is 0. The van der Waals surface area contributed by atoms with Crippen LogP contribution in [0.25, 0.3) is 11.6 Å². The van der Waals surface area contributed by atoms with Crippen molar-refractivity contribution in [2.24, 2.45) is 0 Å². The first-order valence-electron chi connectivity index (χ1n) is 4.92. The minimum Gasteiger partial charge on any atom is -0.450 e. The molecule has 0 N–H and O–H groups in total. The molecule has 0 fully saturated rings. The summed E-state index contributed by atoms with van der Waals surface area (Å²) in [6.07, 6.45) is 1.63. The first kappa shape index (κ1) is 13.3. The Bertz CT molecular complexity index is 621. The zero-order valence-electron chi connectivity index (χ0n) is 8.95. The van der Waals surface area contributed by atoms with Crippen LogP contribution in [0.15, 0.2) is 39.2 Å². The molecule has 5 heteroatoms. The van der Waals surface area contributed by atoms with Crippen LogP contribution in [0, 0.1) is 20.9 Å². The van der Waals surface area contributed by atoms with Crippen LogP contribution in [0.5, 0.6) is 0 Å². The van der Waals surface area contributed by atoms with E-state index in [0.29, 0.717) is 16.9 Å². The van der Waals surface area contributed by atoms with E-state index in [2.05, 4.69) is 22.0 Å². The Morgan fingerprint density at radius 1 is 1.39 bits per heavy atom. The molecular formula is C13H6BrFINO. The van der Waals surface area contributed by atoms with Crippen molar-refractivity contribution in [3.63, 3.8) is 0 Å². The molecule has 2 nitrogen and oxygen atoms in total. The van der Waals surface area contributed by atoms with Crippen LogP contribution in [0.4, 0.5) is 4.39 Å². The number of nitrogens with zero attached hydrogens (tertiary/aromatic N) is 1. The lowest BCUT2D eigenvalue weighted by Gasteiger charge is -1.97. The average molecular weight is 418 g/mol. The van der Waals surface area contributed by atoms with Gasteiger partial charge in [0.05, 0.1) is 16.1 Å². The summed E-state index contributed by atoms with van der Waals surface area (Å²) < 4.78 is 19.8. The van der Waals surface area contributed by atoms with Gasteiger partial charge in [0.25, 0.3) is 0 Å². The summed E-state index contributed by atoms with van der Waals surface area (Å²) in [5.74, 6) is 0.249. The number of furan rings is 1. The molecule has 0 unspecified atom stereocenters. The van der Waals surface area contributed by atoms with Crippen molar-refractivity contribution in [2.75, 3.05) is 0 Å². The lowest BCUT2D eigenvalue weighted by molar-refractivity contribution is 0.527. The molecule has 0 spiro atoms. The second-order valence-corrected chi connectivity index (χ2v) is 5.28. The van der Waals surface area contributed by atoms with E-state index in [1.54, 1.807) is 24.3 Å². The molecule has 0 aliphatic rings. The predicted octanol–water partition coefficient (Wildman–Crippen LogP) is 4.85. The molecule has 0 amide bonds. The van der Waals surface area contributed by atoms with E-state index >= 15 is 0 Å². The maximum Gasteiger partial charge on any atom is 0.178 e. The van der Waals surface area contributed by atoms with Gasteiger partial charge >= 0.3 is 0 Å². The summed E-state index contributed by atoms with van der Waals surface area (Å²) in [7, 11) is 0. The van der Waals surface area contributed by atoms with Gasteiger partial charge in [0.2, 0.25) is 0 Å². The van der Waals surface area contributed by atoms with E-state index in [1.807, 2.05) is 22.6 Å². The van der Waals surface area contributed by atoms with E-state index in [1.165, 1.54) is 12.1 Å². The zero-order valence-corrected chi connectivity index (χ0v) is 12.7. The Balaban J connectivity index is 2.40. The molecule has 0 aliphatic carbocycles. The van der Waals surface area contributed by atoms with Gasteiger partial charge in [-0.1, -0.05) is 12.1 Å². The van der Waals surface area contributed by atoms with Crippen molar-refractivity contribution in [2.45, 2.75) is 0 Å². The van der Waals surface area contributed by atoms with Gasteiger partial charge in [-0.3, -0.25) is 0 Å². The van der Waals surface area contributed by atoms with Crippen molar-refractivity contribution in [1.82, 2.24) is 0 Å². The average Bonchev–Trinajstić information content (AvgIpc) is 2.67. The van der Waals surface area contributed by atoms with Crippen molar-refractivity contribution in [3.05, 3.63) is 55.7 Å². The van der Waals surface area contributed by atoms with Gasteiger partial charge in [0, 0.05) is 22.6 Å². The monoisotopic (exact) mass is 417 g/mol. The van der Waals surface area contributed by atoms with Gasteiger partial charge in [-0.15, -0.1) is 0 Å². The van der Waals surface area contributed by atoms with E-state index in [4.69, 9.17) is 9.68 Å². The largest absolute Gasteiger partial charge is 0.450 e. The maximum atomic E-state index is 12.8. The van der Waals surface area contributed by atoms with Crippen molar-refractivity contribution < 1.29 is 8.81 Å². The molecule has 0 aliphatic heterocycles. The number of nitriles is 1. The Morgan fingerprint density at radius 2 is 2.06 bits per heavy atom. The smallest absolute Gasteiger partial charge is 0.178 e. The molecule has 1 aromatic carbocycles. The normalized spacial score (nSPS) is 11.3. The van der Waals surface area contributed by atoms with Crippen LogP contribution in [-0.2, 0) is 0 Å². The highest BCUT2D eigenvalue weighted by atomic mass is 127. The molecule has 1 heterocycles. The zero-order chi connectivity index (χ0) is 13.1. The third-order valence-corrected chi connectivity index (χ3v) is 4.36. The van der Waals surface area contributed by atoms with Gasteiger partial charge < -0.3 is 4.42 Å². The van der Waals surface area contributed by atoms with E-state index < -0.39 is 0 Å². The second-order valence-electron chi connectivity index (χ2n) is 3.45. The SMILES string of the molecule is N#C/C(=C/c1cc(Br)c(I)o1)c1ccc(F)cc1. The molecule has 1 aromatic heterocycles. The Labute approximate surface area is 125 Å². The lowest BCUT2D eigenvalue weighted by Crippen LogP contribution is -1.82. The number of hydrogen-bond acceptors (Lipinski definition) is 2. The highest BCUT2D eigenvalue weighted by Crippen LogP contribution is 2.26. The second kappa shape index (κ2) is 5.67. The van der Waals surface area contributed by atoms with Crippen LogP contribution in [-0.4, -0.2) is 0 Å². The minimum absolute atomic E-state index is 0.327. The molecule has 0 atom stereocenters. The van der Waals surface area contributed by atoms with Crippen LogP contribution < -0.4 is 0 Å². The maximum absolute atomic E-state index is 12.8. The van der Waals surface area contributed by atoms with E-state index in [0.717, 1.165) is 8.24 Å². The fraction of sp³-hybridized carbons (Fsp3) is 0. The van der Waals surface area contributed by atoms with Gasteiger partial charge in [-0.05, 0) is 45.8 Å². The van der Waals surface area contributed by atoms with Gasteiger partial charge in [0.15, 0.2) is 3.77 Å². The summed E-state index contributed by atoms with van der Waals surface area (Å²) >= 11 is 5.38. The molecular weight excluding hydrogens is 412 g/mol.